The summed E-state index contributed by atoms with van der Waals surface area (Å²) >= 11 is 3.88. The second-order valence-electron chi connectivity index (χ2n) is 5.75. The molecule has 1 aliphatic carbocycles. The Hall–Kier alpha value is -0.820. The monoisotopic (exact) mass is 302 g/mol. The minimum Gasteiger partial charge on any atom is -0.0838 e. The molecule has 1 aliphatic rings. The lowest BCUT2D eigenvalue weighted by atomic mass is 9.95. The molecule has 0 bridgehead atoms. The van der Waals surface area contributed by atoms with Crippen molar-refractivity contribution in [3.8, 4) is 0 Å². The molecule has 0 aromatic heterocycles. The summed E-state index contributed by atoms with van der Waals surface area (Å²) in [6.45, 7) is 4.57. The highest BCUT2D eigenvalue weighted by Crippen LogP contribution is 2.39. The Morgan fingerprint density at radius 1 is 1.06 bits per heavy atom. The van der Waals surface area contributed by atoms with E-state index in [4.69, 9.17) is 0 Å². The van der Waals surface area contributed by atoms with E-state index in [1.54, 1.807) is 0 Å². The Bertz CT molecular complexity index is 573. The molecule has 0 N–H and O–H groups in total. The summed E-state index contributed by atoms with van der Waals surface area (Å²) in [5.41, 5.74) is 4.54. The molecule has 0 amide bonds. The molecule has 0 spiro atoms. The predicted molar refractivity (Wildman–Crippen MR) is 82.5 cm³/mol. The third-order valence-corrected chi connectivity index (χ3v) is 4.79. The van der Waals surface area contributed by atoms with Crippen molar-refractivity contribution < 1.29 is 0 Å². The first-order chi connectivity index (χ1) is 8.66. The maximum Gasteiger partial charge on any atom is 0.0403 e. The fourth-order valence-electron chi connectivity index (χ4n) is 3.08. The van der Waals surface area contributed by atoms with Crippen LogP contribution in [0.5, 0.6) is 0 Å². The average Bonchev–Trinajstić information content (AvgIpc) is 2.74. The van der Waals surface area contributed by atoms with E-state index in [1.165, 1.54) is 46.7 Å². The Labute approximate surface area is 118 Å². The number of halogens is 1. The lowest BCUT2D eigenvalue weighted by Gasteiger charge is -2.16. The Balaban J connectivity index is 2.14. The van der Waals surface area contributed by atoms with Crippen LogP contribution in [0.15, 0.2) is 30.3 Å². The van der Waals surface area contributed by atoms with Gasteiger partial charge in [-0.15, -0.1) is 0 Å². The van der Waals surface area contributed by atoms with Crippen molar-refractivity contribution in [1.29, 1.82) is 0 Å². The summed E-state index contributed by atoms with van der Waals surface area (Å²) in [7, 11) is 0. The Kier molecular flexibility index (Phi) is 3.19. The van der Waals surface area contributed by atoms with Crippen LogP contribution in [0.4, 0.5) is 0 Å². The quantitative estimate of drug-likeness (QED) is 0.664. The van der Waals surface area contributed by atoms with E-state index in [1.807, 2.05) is 0 Å². The van der Waals surface area contributed by atoms with Crippen molar-refractivity contribution in [2.24, 2.45) is 5.92 Å². The molecule has 94 valence electrons. The number of alkyl halides is 1. The van der Waals surface area contributed by atoms with Crippen molar-refractivity contribution in [3.63, 3.8) is 0 Å². The molecule has 0 fully saturated rings. The van der Waals surface area contributed by atoms with Crippen molar-refractivity contribution in [3.05, 3.63) is 47.0 Å². The average molecular weight is 303 g/mol. The minimum atomic E-state index is 0.474. The molecule has 0 nitrogen and oxygen atoms in total. The van der Waals surface area contributed by atoms with Crippen molar-refractivity contribution in [2.45, 2.75) is 37.9 Å². The molecule has 0 saturated carbocycles. The van der Waals surface area contributed by atoms with Gasteiger partial charge >= 0.3 is 0 Å². The van der Waals surface area contributed by atoms with Crippen molar-refractivity contribution in [1.82, 2.24) is 0 Å². The van der Waals surface area contributed by atoms with Crippen LogP contribution in [-0.2, 0) is 12.8 Å². The molecule has 1 heteroatoms. The fourth-order valence-corrected chi connectivity index (χ4v) is 4.23. The van der Waals surface area contributed by atoms with Gasteiger partial charge in [-0.2, -0.15) is 0 Å². The van der Waals surface area contributed by atoms with Crippen LogP contribution in [-0.4, -0.2) is 0 Å². The van der Waals surface area contributed by atoms with Gasteiger partial charge in [0.15, 0.2) is 0 Å². The highest BCUT2D eigenvalue weighted by Gasteiger charge is 2.19. The summed E-state index contributed by atoms with van der Waals surface area (Å²) in [4.78, 5) is 0.474. The van der Waals surface area contributed by atoms with Gasteiger partial charge in [0.2, 0.25) is 0 Å². The van der Waals surface area contributed by atoms with E-state index in [9.17, 15) is 0 Å². The number of rotatable bonds is 3. The first kappa shape index (κ1) is 12.2. The van der Waals surface area contributed by atoms with E-state index in [0.717, 1.165) is 5.92 Å². The molecule has 0 heterocycles. The van der Waals surface area contributed by atoms with Gasteiger partial charge in [0.05, 0.1) is 0 Å². The van der Waals surface area contributed by atoms with Crippen LogP contribution in [0.3, 0.4) is 0 Å². The minimum absolute atomic E-state index is 0.474. The second kappa shape index (κ2) is 4.70. The maximum atomic E-state index is 3.88. The van der Waals surface area contributed by atoms with Crippen molar-refractivity contribution in [2.75, 3.05) is 0 Å². The van der Waals surface area contributed by atoms with Gasteiger partial charge in [0.1, 0.15) is 0 Å². The van der Waals surface area contributed by atoms with Crippen LogP contribution in [0.2, 0.25) is 0 Å². The van der Waals surface area contributed by atoms with Gasteiger partial charge < -0.3 is 0 Å². The van der Waals surface area contributed by atoms with Crippen LogP contribution in [0.1, 0.15) is 41.8 Å². The second-order valence-corrected chi connectivity index (χ2v) is 6.86. The summed E-state index contributed by atoms with van der Waals surface area (Å²) in [5, 5.41) is 2.99. The third kappa shape index (κ3) is 1.99. The SMILES string of the molecule is CC(C)CC(Br)c1ccc2c3c(cccc13)CC2. The summed E-state index contributed by atoms with van der Waals surface area (Å²) in [5.74, 6) is 0.720. The van der Waals surface area contributed by atoms with Gasteiger partial charge in [-0.25, -0.2) is 0 Å². The predicted octanol–water partition coefficient (Wildman–Crippen LogP) is 5.42. The number of aryl methyl sites for hydroxylation is 2. The van der Waals surface area contributed by atoms with E-state index in [-0.39, 0.29) is 0 Å². The molecule has 0 saturated heterocycles. The molecule has 1 atom stereocenters. The first-order valence-corrected chi connectivity index (χ1v) is 7.76. The maximum absolute atomic E-state index is 3.88. The molecule has 2 aromatic rings. The molecule has 3 rings (SSSR count). The number of hydrogen-bond acceptors (Lipinski definition) is 0. The summed E-state index contributed by atoms with van der Waals surface area (Å²) in [6.07, 6.45) is 3.62. The molecule has 18 heavy (non-hydrogen) atoms. The molecule has 1 unspecified atom stereocenters. The Morgan fingerprint density at radius 3 is 2.50 bits per heavy atom. The van der Waals surface area contributed by atoms with Crippen LogP contribution in [0.25, 0.3) is 10.8 Å². The zero-order valence-electron chi connectivity index (χ0n) is 11.0. The standard InChI is InChI=1S/C17H19Br/c1-11(2)10-16(18)14-9-8-13-7-6-12-4-3-5-15(14)17(12)13/h3-5,8-9,11,16H,6-7,10H2,1-2H3. The lowest BCUT2D eigenvalue weighted by Crippen LogP contribution is -1.97. The number of hydrogen-bond donors (Lipinski definition) is 0. The highest BCUT2D eigenvalue weighted by molar-refractivity contribution is 9.09. The zero-order chi connectivity index (χ0) is 12.7. The van der Waals surface area contributed by atoms with E-state index >= 15 is 0 Å². The van der Waals surface area contributed by atoms with E-state index in [0.29, 0.717) is 4.83 Å². The molecular weight excluding hydrogens is 284 g/mol. The number of benzene rings is 2. The lowest BCUT2D eigenvalue weighted by molar-refractivity contribution is 0.585. The Morgan fingerprint density at radius 2 is 1.78 bits per heavy atom. The van der Waals surface area contributed by atoms with Crippen LogP contribution in [0, 0.1) is 5.92 Å². The normalized spacial score (nSPS) is 15.6. The van der Waals surface area contributed by atoms with Gasteiger partial charge in [-0.1, -0.05) is 60.1 Å². The highest BCUT2D eigenvalue weighted by atomic mass is 79.9. The van der Waals surface area contributed by atoms with Gasteiger partial charge in [0, 0.05) is 4.83 Å². The third-order valence-electron chi connectivity index (χ3n) is 3.93. The molecule has 2 aromatic carbocycles. The molecule has 0 radical (unpaired) electrons. The van der Waals surface area contributed by atoms with E-state index in [2.05, 4.69) is 60.1 Å². The smallest absolute Gasteiger partial charge is 0.0403 e. The van der Waals surface area contributed by atoms with Gasteiger partial charge in [-0.05, 0) is 52.6 Å². The van der Waals surface area contributed by atoms with E-state index < -0.39 is 0 Å². The van der Waals surface area contributed by atoms with Gasteiger partial charge in [0.25, 0.3) is 0 Å². The zero-order valence-corrected chi connectivity index (χ0v) is 12.6. The van der Waals surface area contributed by atoms with Gasteiger partial charge in [-0.3, -0.25) is 0 Å². The topological polar surface area (TPSA) is 0 Å². The summed E-state index contributed by atoms with van der Waals surface area (Å²) < 4.78 is 0. The molecular formula is C17H19Br. The molecule has 0 aliphatic heterocycles. The van der Waals surface area contributed by atoms with Crippen LogP contribution >= 0.6 is 15.9 Å². The van der Waals surface area contributed by atoms with Crippen LogP contribution < -0.4 is 0 Å². The summed E-state index contributed by atoms with van der Waals surface area (Å²) in [6, 6.07) is 11.5. The fraction of sp³-hybridized carbons (Fsp3) is 0.412. The first-order valence-electron chi connectivity index (χ1n) is 6.84. The van der Waals surface area contributed by atoms with Crippen molar-refractivity contribution >= 4 is 26.7 Å². The largest absolute Gasteiger partial charge is 0.0838 e.